The zero-order chi connectivity index (χ0) is 16.0. The number of hydrogen-bond donors (Lipinski definition) is 0. The predicted octanol–water partition coefficient (Wildman–Crippen LogP) is 4.51. The molecule has 0 N–H and O–H groups in total. The molecule has 0 saturated heterocycles. The normalized spacial score (nSPS) is 56.6. The number of allylic oxidation sites excluding steroid dienone is 1. The van der Waals surface area contributed by atoms with Crippen molar-refractivity contribution in [1.82, 2.24) is 0 Å². The van der Waals surface area contributed by atoms with Crippen molar-refractivity contribution in [3.8, 4) is 6.07 Å². The van der Waals surface area contributed by atoms with Gasteiger partial charge in [-0.15, -0.1) is 0 Å². The van der Waals surface area contributed by atoms with Crippen molar-refractivity contribution in [3.63, 3.8) is 0 Å². The van der Waals surface area contributed by atoms with Crippen LogP contribution in [0.4, 0.5) is 0 Å². The molecule has 0 radical (unpaired) electrons. The fourth-order valence-corrected chi connectivity index (χ4v) is 7.61. The number of ketones is 1. The molecule has 5 aliphatic rings. The first-order valence-corrected chi connectivity index (χ1v) is 9.63. The minimum Gasteiger partial charge on any atom is -0.295 e. The van der Waals surface area contributed by atoms with Crippen LogP contribution in [0.15, 0.2) is 11.6 Å². The van der Waals surface area contributed by atoms with E-state index in [0.29, 0.717) is 11.7 Å². The maximum atomic E-state index is 12.0. The van der Waals surface area contributed by atoms with E-state index in [1.165, 1.54) is 31.3 Å². The molecule has 4 saturated carbocycles. The second kappa shape index (κ2) is 4.29. The predicted molar refractivity (Wildman–Crippen MR) is 88.2 cm³/mol. The first kappa shape index (κ1) is 14.3. The Balaban J connectivity index is 1.57. The van der Waals surface area contributed by atoms with Gasteiger partial charge in [-0.2, -0.15) is 5.26 Å². The number of hydrogen-bond acceptors (Lipinski definition) is 2. The van der Waals surface area contributed by atoms with E-state index in [4.69, 9.17) is 0 Å². The van der Waals surface area contributed by atoms with Crippen LogP contribution in [0.1, 0.15) is 58.8 Å². The van der Waals surface area contributed by atoms with E-state index in [1.807, 2.05) is 6.08 Å². The molecule has 5 rings (SSSR count). The van der Waals surface area contributed by atoms with Gasteiger partial charge in [0.25, 0.3) is 0 Å². The molecule has 0 aliphatic heterocycles. The highest BCUT2D eigenvalue weighted by Gasteiger charge is 2.67. The molecule has 2 nitrogen and oxygen atoms in total. The van der Waals surface area contributed by atoms with E-state index in [9.17, 15) is 10.1 Å². The summed E-state index contributed by atoms with van der Waals surface area (Å²) in [6.07, 6.45) is 10.1. The van der Waals surface area contributed by atoms with Crippen LogP contribution in [0.5, 0.6) is 0 Å². The number of nitrogens with zero attached hydrogens (tertiary/aromatic N) is 1. The SMILES string of the molecule is C[C@]12CCC(=O)C=C1C1CC1C1C2CC[C@@]2(C)C1CC[C@@H]2C#N. The van der Waals surface area contributed by atoms with Gasteiger partial charge in [0.05, 0.1) is 12.0 Å². The third kappa shape index (κ3) is 1.62. The molecule has 0 heterocycles. The molecule has 4 fully saturated rings. The molecule has 5 unspecified atom stereocenters. The van der Waals surface area contributed by atoms with Gasteiger partial charge in [0.15, 0.2) is 5.78 Å². The van der Waals surface area contributed by atoms with Gasteiger partial charge in [-0.05, 0) is 85.0 Å². The van der Waals surface area contributed by atoms with Crippen LogP contribution in [0.3, 0.4) is 0 Å². The first-order chi connectivity index (χ1) is 11.0. The molecule has 2 heteroatoms. The van der Waals surface area contributed by atoms with Gasteiger partial charge in [-0.25, -0.2) is 0 Å². The lowest BCUT2D eigenvalue weighted by molar-refractivity contribution is -0.117. The minimum absolute atomic E-state index is 0.269. The number of rotatable bonds is 0. The second-order valence-corrected chi connectivity index (χ2v) is 9.58. The average molecular weight is 309 g/mol. The van der Waals surface area contributed by atoms with E-state index in [-0.39, 0.29) is 16.7 Å². The van der Waals surface area contributed by atoms with E-state index in [0.717, 1.165) is 42.9 Å². The Kier molecular flexibility index (Phi) is 2.66. The monoisotopic (exact) mass is 309 g/mol. The fourth-order valence-electron chi connectivity index (χ4n) is 7.61. The van der Waals surface area contributed by atoms with Gasteiger partial charge in [0.2, 0.25) is 0 Å². The molecule has 0 amide bonds. The van der Waals surface area contributed by atoms with Crippen molar-refractivity contribution >= 4 is 5.78 Å². The van der Waals surface area contributed by atoms with Crippen molar-refractivity contribution < 1.29 is 4.79 Å². The number of carbonyl (C=O) groups is 1. The average Bonchev–Trinajstić information content (AvgIpc) is 3.24. The lowest BCUT2D eigenvalue weighted by atomic mass is 9.47. The van der Waals surface area contributed by atoms with Crippen molar-refractivity contribution in [3.05, 3.63) is 11.6 Å². The number of nitriles is 1. The molecule has 0 bridgehead atoms. The van der Waals surface area contributed by atoms with Gasteiger partial charge in [-0.3, -0.25) is 4.79 Å². The van der Waals surface area contributed by atoms with Crippen molar-refractivity contribution in [2.75, 3.05) is 0 Å². The van der Waals surface area contributed by atoms with Crippen molar-refractivity contribution in [2.45, 2.75) is 58.8 Å². The smallest absolute Gasteiger partial charge is 0.155 e. The van der Waals surface area contributed by atoms with Crippen LogP contribution >= 0.6 is 0 Å². The zero-order valence-electron chi connectivity index (χ0n) is 14.3. The zero-order valence-corrected chi connectivity index (χ0v) is 14.3. The summed E-state index contributed by atoms with van der Waals surface area (Å²) in [5.41, 5.74) is 2.08. The van der Waals surface area contributed by atoms with Crippen LogP contribution < -0.4 is 0 Å². The van der Waals surface area contributed by atoms with Crippen LogP contribution in [-0.2, 0) is 4.79 Å². The van der Waals surface area contributed by atoms with Gasteiger partial charge in [-0.1, -0.05) is 19.4 Å². The maximum absolute atomic E-state index is 12.0. The molecular weight excluding hydrogens is 282 g/mol. The van der Waals surface area contributed by atoms with E-state index < -0.39 is 0 Å². The minimum atomic E-state index is 0.269. The van der Waals surface area contributed by atoms with E-state index >= 15 is 0 Å². The highest BCUT2D eigenvalue weighted by Crippen LogP contribution is 2.74. The van der Waals surface area contributed by atoms with Crippen LogP contribution in [0, 0.1) is 57.7 Å². The molecule has 8 atom stereocenters. The van der Waals surface area contributed by atoms with Gasteiger partial charge in [0.1, 0.15) is 0 Å². The topological polar surface area (TPSA) is 40.9 Å². The summed E-state index contributed by atoms with van der Waals surface area (Å²) in [5, 5.41) is 9.61. The summed E-state index contributed by atoms with van der Waals surface area (Å²) < 4.78 is 0. The van der Waals surface area contributed by atoms with Crippen molar-refractivity contribution in [1.29, 1.82) is 5.26 Å². The molecule has 0 spiro atoms. The summed E-state index contributed by atoms with van der Waals surface area (Å²) >= 11 is 0. The Labute approximate surface area is 139 Å². The lowest BCUT2D eigenvalue weighted by Gasteiger charge is -2.57. The summed E-state index contributed by atoms with van der Waals surface area (Å²) in [5.74, 6) is 4.53. The van der Waals surface area contributed by atoms with Gasteiger partial charge < -0.3 is 0 Å². The second-order valence-electron chi connectivity index (χ2n) is 9.58. The number of fused-ring (bicyclic) bond motifs is 8. The first-order valence-electron chi connectivity index (χ1n) is 9.63. The molecule has 0 aromatic carbocycles. The Morgan fingerprint density at radius 3 is 2.78 bits per heavy atom. The summed E-state index contributed by atoms with van der Waals surface area (Å²) in [7, 11) is 0. The highest BCUT2D eigenvalue weighted by atomic mass is 16.1. The van der Waals surface area contributed by atoms with Crippen molar-refractivity contribution in [2.24, 2.45) is 46.3 Å². The third-order valence-corrected chi connectivity index (χ3v) is 8.91. The Morgan fingerprint density at radius 2 is 2.00 bits per heavy atom. The molecule has 0 aromatic heterocycles. The van der Waals surface area contributed by atoms with E-state index in [1.54, 1.807) is 0 Å². The largest absolute Gasteiger partial charge is 0.295 e. The molecule has 122 valence electrons. The summed E-state index contributed by atoms with van der Waals surface area (Å²) in [4.78, 5) is 12.0. The molecule has 5 aliphatic carbocycles. The quantitative estimate of drug-likeness (QED) is 0.660. The van der Waals surface area contributed by atoms with Crippen LogP contribution in [0.25, 0.3) is 0 Å². The van der Waals surface area contributed by atoms with Crippen LogP contribution in [-0.4, -0.2) is 5.78 Å². The van der Waals surface area contributed by atoms with E-state index in [2.05, 4.69) is 19.9 Å². The lowest BCUT2D eigenvalue weighted by Crippen LogP contribution is -2.51. The standard InChI is InChI=1S/C21H27NO/c1-20-8-6-17-19(16(20)4-3-12(20)11-22)15-10-14(15)18-9-13(23)5-7-21(17,18)2/h9,12,14-17,19H,3-8,10H2,1-2H3/t12-,14?,15?,16?,17?,19?,20-,21-/m1/s1. The molecule has 0 aromatic rings. The maximum Gasteiger partial charge on any atom is 0.155 e. The van der Waals surface area contributed by atoms with Gasteiger partial charge >= 0.3 is 0 Å². The van der Waals surface area contributed by atoms with Gasteiger partial charge in [0, 0.05) is 6.42 Å². The Morgan fingerprint density at radius 1 is 1.17 bits per heavy atom. The third-order valence-electron chi connectivity index (χ3n) is 8.91. The molecular formula is C21H27NO. The Bertz CT molecular complexity index is 657. The highest BCUT2D eigenvalue weighted by molar-refractivity contribution is 5.92. The summed E-state index contributed by atoms with van der Waals surface area (Å²) in [6.45, 7) is 4.89. The molecule has 23 heavy (non-hydrogen) atoms. The van der Waals surface area contributed by atoms with Crippen LogP contribution in [0.2, 0.25) is 0 Å². The summed E-state index contributed by atoms with van der Waals surface area (Å²) in [6, 6.07) is 2.64. The Hall–Kier alpha value is -1.10. The fraction of sp³-hybridized carbons (Fsp3) is 0.810. The number of carbonyl (C=O) groups excluding carboxylic acids is 1.